The summed E-state index contributed by atoms with van der Waals surface area (Å²) < 4.78 is 24.1. The third-order valence-corrected chi connectivity index (χ3v) is 18.5. The number of allylic oxidation sites excluding steroid dienone is 2. The van der Waals surface area contributed by atoms with Crippen LogP contribution in [0.4, 0.5) is 0 Å². The average Bonchev–Trinajstić information content (AvgIpc) is 3.91. The quantitative estimate of drug-likeness (QED) is 0.307. The number of fused-ring (bicyclic) bond motifs is 12. The maximum atomic E-state index is 12.4. The number of carbonyl (C=O) groups is 3. The Kier molecular flexibility index (Phi) is 9.02. The second-order valence-corrected chi connectivity index (χ2v) is 20.3. The molecule has 7 unspecified atom stereocenters. The molecule has 2 saturated heterocycles. The number of ketones is 3. The minimum atomic E-state index is -1.54. The van der Waals surface area contributed by atoms with E-state index in [0.29, 0.717) is 50.5 Å². The lowest BCUT2D eigenvalue weighted by Gasteiger charge is -2.61. The summed E-state index contributed by atoms with van der Waals surface area (Å²) in [6.07, 6.45) is 13.3. The van der Waals surface area contributed by atoms with Crippen molar-refractivity contribution in [1.82, 2.24) is 0 Å². The minimum Gasteiger partial charge on any atom is -0.393 e. The molecule has 15 atom stereocenters. The molecule has 0 aromatic carbocycles. The molecule has 304 valence electrons. The zero-order valence-corrected chi connectivity index (χ0v) is 33.1. The standard InChI is InChI=1S/C23H32O6.C21H30O5/c1-20-7-5-15(24)9-14(20)3-4-16-17-6-8-22(21(17,2)10-18(25)19(16)20)23(29-13-27-22)11-26-12-28-23;1-19-7-5-13(23)9-12(19)3-4-14-15-6-8-21(26,17(25)11-22)20(15,2)10-16(24)18(14)19/h9,16-19,25H,3-8,10-13H2,1-2H3;9,14-16,18,22,24,26H,3-8,10-11H2,1-2H3/t16?,17?,18-,19?,20-,21-,22+,23?;14?,15?,16-,18?,19-,20-,21-/m00/s1. The number of rotatable bonds is 2. The van der Waals surface area contributed by atoms with E-state index in [1.54, 1.807) is 6.08 Å². The van der Waals surface area contributed by atoms with Gasteiger partial charge in [0.15, 0.2) is 30.9 Å². The van der Waals surface area contributed by atoms with Crippen LogP contribution in [0.2, 0.25) is 0 Å². The predicted molar refractivity (Wildman–Crippen MR) is 198 cm³/mol. The molecule has 0 aromatic rings. The lowest BCUT2D eigenvalue weighted by Crippen LogP contribution is -2.66. The van der Waals surface area contributed by atoms with Gasteiger partial charge in [-0.3, -0.25) is 14.4 Å². The molecule has 0 radical (unpaired) electrons. The molecule has 6 saturated carbocycles. The second kappa shape index (κ2) is 12.8. The van der Waals surface area contributed by atoms with Crippen molar-refractivity contribution in [1.29, 1.82) is 0 Å². The van der Waals surface area contributed by atoms with Crippen molar-refractivity contribution < 1.29 is 53.8 Å². The van der Waals surface area contributed by atoms with Gasteiger partial charge in [0.2, 0.25) is 5.79 Å². The molecule has 4 N–H and O–H groups in total. The Morgan fingerprint density at radius 2 is 1.24 bits per heavy atom. The summed E-state index contributed by atoms with van der Waals surface area (Å²) in [5, 5.41) is 43.3. The summed E-state index contributed by atoms with van der Waals surface area (Å²) in [7, 11) is 0. The summed E-state index contributed by atoms with van der Waals surface area (Å²) in [6.45, 7) is 8.90. The maximum absolute atomic E-state index is 12.4. The van der Waals surface area contributed by atoms with Crippen molar-refractivity contribution in [2.45, 2.75) is 147 Å². The van der Waals surface area contributed by atoms with Gasteiger partial charge in [0, 0.05) is 23.7 Å². The Bertz CT molecular complexity index is 1690. The van der Waals surface area contributed by atoms with Crippen LogP contribution in [0.3, 0.4) is 0 Å². The molecule has 11 heteroatoms. The zero-order chi connectivity index (χ0) is 39.0. The van der Waals surface area contributed by atoms with Gasteiger partial charge in [-0.25, -0.2) is 0 Å². The molecule has 8 aliphatic carbocycles. The molecule has 10 aliphatic rings. The Labute approximate surface area is 324 Å². The number of aliphatic hydroxyl groups is 4. The minimum absolute atomic E-state index is 0.0645. The van der Waals surface area contributed by atoms with Gasteiger partial charge in [-0.05, 0) is 136 Å². The van der Waals surface area contributed by atoms with Crippen LogP contribution < -0.4 is 0 Å². The smallest absolute Gasteiger partial charge is 0.226 e. The van der Waals surface area contributed by atoms with Crippen LogP contribution in [0.25, 0.3) is 0 Å². The van der Waals surface area contributed by atoms with Crippen molar-refractivity contribution in [3.63, 3.8) is 0 Å². The summed E-state index contributed by atoms with van der Waals surface area (Å²) in [5.41, 5.74) is -0.809. The lowest BCUT2D eigenvalue weighted by molar-refractivity contribution is -0.257. The first-order chi connectivity index (χ1) is 26.0. The van der Waals surface area contributed by atoms with Crippen molar-refractivity contribution in [2.75, 3.05) is 26.8 Å². The van der Waals surface area contributed by atoms with Crippen molar-refractivity contribution in [2.24, 2.45) is 57.2 Å². The highest BCUT2D eigenvalue weighted by atomic mass is 16.9. The Hall–Kier alpha value is -1.83. The van der Waals surface area contributed by atoms with Gasteiger partial charge in [-0.1, -0.05) is 38.8 Å². The van der Waals surface area contributed by atoms with Crippen LogP contribution >= 0.6 is 0 Å². The van der Waals surface area contributed by atoms with E-state index in [-0.39, 0.29) is 65.1 Å². The highest BCUT2D eigenvalue weighted by molar-refractivity contribution is 5.92. The third kappa shape index (κ3) is 4.99. The fourth-order valence-electron chi connectivity index (χ4n) is 15.9. The number of ether oxygens (including phenoxy) is 4. The van der Waals surface area contributed by atoms with Crippen LogP contribution in [0, 0.1) is 57.2 Å². The van der Waals surface area contributed by atoms with E-state index in [0.717, 1.165) is 57.8 Å². The van der Waals surface area contributed by atoms with Gasteiger partial charge in [0.25, 0.3) is 0 Å². The van der Waals surface area contributed by atoms with Crippen molar-refractivity contribution >= 4 is 17.3 Å². The highest BCUT2D eigenvalue weighted by Crippen LogP contribution is 2.72. The second-order valence-electron chi connectivity index (χ2n) is 20.3. The normalized spacial score (nSPS) is 53.6. The van der Waals surface area contributed by atoms with Gasteiger partial charge in [0.1, 0.15) is 24.4 Å². The highest BCUT2D eigenvalue weighted by Gasteiger charge is 2.77. The first kappa shape index (κ1) is 38.7. The summed E-state index contributed by atoms with van der Waals surface area (Å²) in [4.78, 5) is 36.3. The molecule has 0 bridgehead atoms. The molecule has 2 aliphatic heterocycles. The number of Topliss-reactive ketones (excluding diaryl/α,β-unsaturated/α-hetero) is 1. The predicted octanol–water partition coefficient (Wildman–Crippen LogP) is 4.71. The molecule has 0 amide bonds. The lowest BCUT2D eigenvalue weighted by atomic mass is 9.45. The summed E-state index contributed by atoms with van der Waals surface area (Å²) in [5.74, 6) is 0.646. The number of hydrogen-bond donors (Lipinski definition) is 4. The average molecular weight is 767 g/mol. The monoisotopic (exact) mass is 766 g/mol. The van der Waals surface area contributed by atoms with Gasteiger partial charge in [-0.15, -0.1) is 0 Å². The van der Waals surface area contributed by atoms with Crippen molar-refractivity contribution in [3.05, 3.63) is 23.3 Å². The Balaban J connectivity index is 0.000000145. The number of aliphatic hydroxyl groups excluding tert-OH is 3. The van der Waals surface area contributed by atoms with E-state index in [1.165, 1.54) is 11.1 Å². The van der Waals surface area contributed by atoms with E-state index in [4.69, 9.17) is 18.9 Å². The molecule has 2 spiro atoms. The first-order valence-corrected chi connectivity index (χ1v) is 21.2. The van der Waals surface area contributed by atoms with Crippen LogP contribution in [0.1, 0.15) is 118 Å². The Morgan fingerprint density at radius 1 is 0.709 bits per heavy atom. The maximum Gasteiger partial charge on any atom is 0.226 e. The van der Waals surface area contributed by atoms with Crippen LogP contribution in [0.15, 0.2) is 23.3 Å². The number of carbonyl (C=O) groups excluding carboxylic acids is 3. The van der Waals surface area contributed by atoms with E-state index < -0.39 is 47.0 Å². The largest absolute Gasteiger partial charge is 0.393 e. The Morgan fingerprint density at radius 3 is 1.78 bits per heavy atom. The first-order valence-electron chi connectivity index (χ1n) is 21.2. The fraction of sp³-hybridized carbons (Fsp3) is 0.841. The molecule has 8 fully saturated rings. The molecule has 2 heterocycles. The van der Waals surface area contributed by atoms with Gasteiger partial charge in [0.05, 0.1) is 12.2 Å². The van der Waals surface area contributed by atoms with E-state index in [2.05, 4.69) is 20.8 Å². The molecule has 0 aromatic heterocycles. The van der Waals surface area contributed by atoms with Crippen LogP contribution in [0.5, 0.6) is 0 Å². The van der Waals surface area contributed by atoms with Gasteiger partial charge >= 0.3 is 0 Å². The van der Waals surface area contributed by atoms with E-state index >= 15 is 0 Å². The molecule has 55 heavy (non-hydrogen) atoms. The molecular weight excluding hydrogens is 704 g/mol. The van der Waals surface area contributed by atoms with Gasteiger partial charge in [-0.2, -0.15) is 0 Å². The molecule has 11 nitrogen and oxygen atoms in total. The van der Waals surface area contributed by atoms with Gasteiger partial charge < -0.3 is 39.4 Å². The number of hydrogen-bond acceptors (Lipinski definition) is 11. The van der Waals surface area contributed by atoms with Crippen LogP contribution in [-0.4, -0.2) is 93.8 Å². The van der Waals surface area contributed by atoms with E-state index in [1.807, 2.05) is 13.0 Å². The zero-order valence-electron chi connectivity index (χ0n) is 33.1. The summed E-state index contributed by atoms with van der Waals surface area (Å²) >= 11 is 0. The fourth-order valence-corrected chi connectivity index (χ4v) is 15.9. The van der Waals surface area contributed by atoms with Crippen LogP contribution in [-0.2, 0) is 33.3 Å². The third-order valence-electron chi connectivity index (χ3n) is 18.5. The molecule has 10 rings (SSSR count). The SMILES string of the molecule is C[C@]12CCC(=O)C=C1CCC1C2[C@@H](O)C[C@@]2(C)C1CC[C@@]21OCOC12COCO2.C[C@]12CCC(=O)C=C1CCC1C2[C@@H](O)C[C@@]2(C)C1CC[C@]2(O)C(=O)CO. The van der Waals surface area contributed by atoms with E-state index in [9.17, 15) is 34.8 Å². The summed E-state index contributed by atoms with van der Waals surface area (Å²) in [6, 6.07) is 0. The molecular formula is C44H62O11. The topological polar surface area (TPSA) is 169 Å². The van der Waals surface area contributed by atoms with Crippen molar-refractivity contribution in [3.8, 4) is 0 Å².